The number of imidazole rings is 1. The van der Waals surface area contributed by atoms with Gasteiger partial charge in [-0.05, 0) is 50.8 Å². The van der Waals surface area contributed by atoms with E-state index in [0.717, 1.165) is 25.0 Å². The molecular weight excluding hydrogens is 276 g/mol. The lowest BCUT2D eigenvalue weighted by molar-refractivity contribution is 0.475. The number of aromatic hydroxyl groups is 1. The lowest BCUT2D eigenvalue weighted by atomic mass is 10.1. The first-order chi connectivity index (χ1) is 10.7. The molecule has 0 aliphatic heterocycles. The number of aryl methyl sites for hydroxylation is 2. The summed E-state index contributed by atoms with van der Waals surface area (Å²) in [6.07, 6.45) is 8.73. The van der Waals surface area contributed by atoms with E-state index in [4.69, 9.17) is 0 Å². The Labute approximate surface area is 131 Å². The Morgan fingerprint density at radius 1 is 1.18 bits per heavy atom. The largest absolute Gasteiger partial charge is 0.508 e. The molecule has 118 valence electrons. The normalized spacial score (nSPS) is 11.4. The Kier molecular flexibility index (Phi) is 5.64. The van der Waals surface area contributed by atoms with Crippen molar-refractivity contribution in [2.24, 2.45) is 0 Å². The van der Waals surface area contributed by atoms with E-state index in [1.54, 1.807) is 16.7 Å². The molecule has 1 heterocycles. The molecule has 0 radical (unpaired) electrons. The highest BCUT2D eigenvalue weighted by Gasteiger charge is 2.08. The number of nitrogens with zero attached hydrogens (tertiary/aromatic N) is 2. The summed E-state index contributed by atoms with van der Waals surface area (Å²) in [6.45, 7) is 5.30. The highest BCUT2D eigenvalue weighted by molar-refractivity contribution is 5.25. The molecule has 0 amide bonds. The highest BCUT2D eigenvalue weighted by atomic mass is 16.3. The summed E-state index contributed by atoms with van der Waals surface area (Å²) in [6, 6.07) is 7.31. The van der Waals surface area contributed by atoms with Crippen molar-refractivity contribution in [1.29, 1.82) is 0 Å². The second-order valence-corrected chi connectivity index (χ2v) is 5.39. The first-order valence-corrected chi connectivity index (χ1v) is 7.83. The SMILES string of the molecule is C/C=C/Cn1cc(CCCc2ccc(O)cc2)n(CC)c1=O. The Morgan fingerprint density at radius 2 is 1.91 bits per heavy atom. The number of aromatic nitrogens is 2. The van der Waals surface area contributed by atoms with Gasteiger partial charge in [-0.2, -0.15) is 0 Å². The maximum atomic E-state index is 12.3. The summed E-state index contributed by atoms with van der Waals surface area (Å²) in [5.41, 5.74) is 2.37. The predicted molar refractivity (Wildman–Crippen MR) is 89.3 cm³/mol. The van der Waals surface area contributed by atoms with Crippen molar-refractivity contribution < 1.29 is 5.11 Å². The van der Waals surface area contributed by atoms with Crippen molar-refractivity contribution in [2.75, 3.05) is 0 Å². The number of hydrogen-bond donors (Lipinski definition) is 1. The van der Waals surface area contributed by atoms with Crippen LogP contribution in [0.5, 0.6) is 5.75 Å². The van der Waals surface area contributed by atoms with Crippen LogP contribution in [0.15, 0.2) is 47.4 Å². The fraction of sp³-hybridized carbons (Fsp3) is 0.389. The topological polar surface area (TPSA) is 47.2 Å². The van der Waals surface area contributed by atoms with Crippen molar-refractivity contribution in [3.8, 4) is 5.75 Å². The molecule has 0 spiro atoms. The fourth-order valence-corrected chi connectivity index (χ4v) is 2.61. The standard InChI is InChI=1S/C18H24N2O2/c1-3-5-13-19-14-16(20(4-2)18(19)22)8-6-7-15-9-11-17(21)12-10-15/h3,5,9-12,14,21H,4,6-8,13H2,1-2H3/b5-3+. The van der Waals surface area contributed by atoms with Crippen LogP contribution in [0, 0.1) is 0 Å². The number of phenolic OH excluding ortho intramolecular Hbond substituents is 1. The number of allylic oxidation sites excluding steroid dienone is 2. The molecule has 1 aromatic carbocycles. The molecule has 2 aromatic rings. The lowest BCUT2D eigenvalue weighted by Crippen LogP contribution is -2.24. The molecule has 4 heteroatoms. The Bertz CT molecular complexity index is 678. The van der Waals surface area contributed by atoms with E-state index in [1.807, 2.05) is 48.9 Å². The van der Waals surface area contributed by atoms with E-state index in [-0.39, 0.29) is 5.69 Å². The van der Waals surface area contributed by atoms with Crippen molar-refractivity contribution in [1.82, 2.24) is 9.13 Å². The molecule has 4 nitrogen and oxygen atoms in total. The molecule has 0 fully saturated rings. The number of benzene rings is 1. The maximum absolute atomic E-state index is 12.3. The van der Waals surface area contributed by atoms with Gasteiger partial charge in [-0.3, -0.25) is 9.13 Å². The number of rotatable bonds is 7. The van der Waals surface area contributed by atoms with E-state index >= 15 is 0 Å². The molecule has 0 unspecified atom stereocenters. The second kappa shape index (κ2) is 7.69. The Hall–Kier alpha value is -2.23. The van der Waals surface area contributed by atoms with Gasteiger partial charge in [-0.25, -0.2) is 4.79 Å². The zero-order valence-corrected chi connectivity index (χ0v) is 13.3. The molecule has 0 aliphatic carbocycles. The molecular formula is C18H24N2O2. The minimum atomic E-state index is 0.0697. The summed E-state index contributed by atoms with van der Waals surface area (Å²) in [4.78, 5) is 12.3. The van der Waals surface area contributed by atoms with Crippen LogP contribution in [0.2, 0.25) is 0 Å². The number of phenols is 1. The van der Waals surface area contributed by atoms with Crippen LogP contribution in [-0.2, 0) is 25.9 Å². The quantitative estimate of drug-likeness (QED) is 0.799. The van der Waals surface area contributed by atoms with Crippen molar-refractivity contribution in [3.63, 3.8) is 0 Å². The second-order valence-electron chi connectivity index (χ2n) is 5.39. The van der Waals surface area contributed by atoms with E-state index in [9.17, 15) is 9.90 Å². The zero-order chi connectivity index (χ0) is 15.9. The van der Waals surface area contributed by atoms with Gasteiger partial charge in [0.15, 0.2) is 0 Å². The monoisotopic (exact) mass is 300 g/mol. The molecule has 22 heavy (non-hydrogen) atoms. The molecule has 0 bridgehead atoms. The Morgan fingerprint density at radius 3 is 2.55 bits per heavy atom. The molecule has 0 saturated carbocycles. The first kappa shape index (κ1) is 16.1. The fourth-order valence-electron chi connectivity index (χ4n) is 2.61. The average molecular weight is 300 g/mol. The van der Waals surface area contributed by atoms with Crippen molar-refractivity contribution >= 4 is 0 Å². The van der Waals surface area contributed by atoms with Crippen LogP contribution >= 0.6 is 0 Å². The van der Waals surface area contributed by atoms with Crippen LogP contribution < -0.4 is 5.69 Å². The zero-order valence-electron chi connectivity index (χ0n) is 13.3. The molecule has 2 rings (SSSR count). The third-order valence-electron chi connectivity index (χ3n) is 3.82. The van der Waals surface area contributed by atoms with Crippen LogP contribution in [0.1, 0.15) is 31.5 Å². The Balaban J connectivity index is 2.02. The molecule has 0 saturated heterocycles. The summed E-state index contributed by atoms with van der Waals surface area (Å²) >= 11 is 0. The van der Waals surface area contributed by atoms with Crippen LogP contribution in [0.3, 0.4) is 0 Å². The van der Waals surface area contributed by atoms with Crippen LogP contribution in [-0.4, -0.2) is 14.2 Å². The minimum absolute atomic E-state index is 0.0697. The van der Waals surface area contributed by atoms with Gasteiger partial charge in [-0.15, -0.1) is 0 Å². The van der Waals surface area contributed by atoms with E-state index in [1.165, 1.54) is 5.56 Å². The predicted octanol–water partition coefficient (Wildman–Crippen LogP) is 3.13. The van der Waals surface area contributed by atoms with Crippen molar-refractivity contribution in [3.05, 3.63) is 64.4 Å². The van der Waals surface area contributed by atoms with E-state index in [0.29, 0.717) is 18.8 Å². The van der Waals surface area contributed by atoms with Gasteiger partial charge in [0.1, 0.15) is 5.75 Å². The first-order valence-electron chi connectivity index (χ1n) is 7.83. The smallest absolute Gasteiger partial charge is 0.328 e. The summed E-state index contributed by atoms with van der Waals surface area (Å²) in [7, 11) is 0. The summed E-state index contributed by atoms with van der Waals surface area (Å²) < 4.78 is 3.61. The third-order valence-corrected chi connectivity index (χ3v) is 3.82. The van der Waals surface area contributed by atoms with Gasteiger partial charge in [0.2, 0.25) is 0 Å². The van der Waals surface area contributed by atoms with Crippen molar-refractivity contribution in [2.45, 2.75) is 46.2 Å². The molecule has 1 aromatic heterocycles. The van der Waals surface area contributed by atoms with E-state index < -0.39 is 0 Å². The average Bonchev–Trinajstić information content (AvgIpc) is 2.82. The van der Waals surface area contributed by atoms with Crippen LogP contribution in [0.25, 0.3) is 0 Å². The molecule has 1 N–H and O–H groups in total. The summed E-state index contributed by atoms with van der Waals surface area (Å²) in [5.74, 6) is 0.296. The molecule has 0 atom stereocenters. The minimum Gasteiger partial charge on any atom is -0.508 e. The lowest BCUT2D eigenvalue weighted by Gasteiger charge is -2.04. The third kappa shape index (κ3) is 3.91. The number of hydrogen-bond acceptors (Lipinski definition) is 2. The van der Waals surface area contributed by atoms with Gasteiger partial charge in [0.05, 0.1) is 0 Å². The maximum Gasteiger partial charge on any atom is 0.328 e. The van der Waals surface area contributed by atoms with Gasteiger partial charge >= 0.3 is 5.69 Å². The van der Waals surface area contributed by atoms with Gasteiger partial charge in [0.25, 0.3) is 0 Å². The molecule has 0 aliphatic rings. The highest BCUT2D eigenvalue weighted by Crippen LogP contribution is 2.12. The van der Waals surface area contributed by atoms with Gasteiger partial charge in [0, 0.05) is 25.0 Å². The summed E-state index contributed by atoms with van der Waals surface area (Å²) in [5, 5.41) is 9.29. The van der Waals surface area contributed by atoms with Crippen LogP contribution in [0.4, 0.5) is 0 Å². The van der Waals surface area contributed by atoms with Gasteiger partial charge in [-0.1, -0.05) is 24.3 Å². The van der Waals surface area contributed by atoms with Gasteiger partial charge < -0.3 is 5.11 Å². The van der Waals surface area contributed by atoms with E-state index in [2.05, 4.69) is 0 Å².